The lowest BCUT2D eigenvalue weighted by Gasteiger charge is -2.37. The molecule has 0 aromatic heterocycles. The summed E-state index contributed by atoms with van der Waals surface area (Å²) in [5, 5.41) is 2.99. The highest BCUT2D eigenvalue weighted by atomic mass is 16.1. The highest BCUT2D eigenvalue weighted by molar-refractivity contribution is 5.94. The lowest BCUT2D eigenvalue weighted by molar-refractivity contribution is 0.0881. The molecule has 0 aliphatic carbocycles. The van der Waals surface area contributed by atoms with E-state index in [1.54, 1.807) is 24.3 Å². The molecular formula is C14H22N4O. The van der Waals surface area contributed by atoms with Gasteiger partial charge in [-0.2, -0.15) is 0 Å². The van der Waals surface area contributed by atoms with Gasteiger partial charge in [-0.15, -0.1) is 0 Å². The van der Waals surface area contributed by atoms with Crippen LogP contribution in [0.15, 0.2) is 24.3 Å². The molecule has 0 bridgehead atoms. The van der Waals surface area contributed by atoms with Crippen LogP contribution in [0.2, 0.25) is 0 Å². The molecule has 1 aliphatic rings. The molecule has 1 saturated heterocycles. The van der Waals surface area contributed by atoms with Crippen LogP contribution in [-0.4, -0.2) is 62.0 Å². The Morgan fingerprint density at radius 2 is 2.00 bits per heavy atom. The van der Waals surface area contributed by atoms with Crippen molar-refractivity contribution in [3.8, 4) is 0 Å². The lowest BCUT2D eigenvalue weighted by atomic mass is 10.1. The predicted octanol–water partition coefficient (Wildman–Crippen LogP) is 0.244. The molecule has 0 spiro atoms. The zero-order valence-electron chi connectivity index (χ0n) is 11.6. The second-order valence-electron chi connectivity index (χ2n) is 5.23. The number of hydrogen-bond donors (Lipinski definition) is 2. The molecule has 3 N–H and O–H groups in total. The second-order valence-corrected chi connectivity index (χ2v) is 5.23. The molecule has 19 heavy (non-hydrogen) atoms. The van der Waals surface area contributed by atoms with Gasteiger partial charge in [-0.25, -0.2) is 0 Å². The smallest absolute Gasteiger partial charge is 0.251 e. The third-order valence-electron chi connectivity index (χ3n) is 3.65. The minimum absolute atomic E-state index is 0.0402. The number of nitrogens with two attached hydrogens (primary N) is 1. The Bertz CT molecular complexity index is 432. The van der Waals surface area contributed by atoms with Crippen molar-refractivity contribution in [1.29, 1.82) is 0 Å². The van der Waals surface area contributed by atoms with E-state index in [-0.39, 0.29) is 5.91 Å². The predicted molar refractivity (Wildman–Crippen MR) is 77.1 cm³/mol. The number of carbonyl (C=O) groups excluding carboxylic acids is 1. The number of piperazine rings is 1. The lowest BCUT2D eigenvalue weighted by Crippen LogP contribution is -2.54. The van der Waals surface area contributed by atoms with Crippen molar-refractivity contribution in [2.24, 2.45) is 0 Å². The number of likely N-dealkylation sites (N-methyl/N-ethyl adjacent to an activating group) is 2. The van der Waals surface area contributed by atoms with Crippen molar-refractivity contribution in [1.82, 2.24) is 15.1 Å². The van der Waals surface area contributed by atoms with Gasteiger partial charge in [0.25, 0.3) is 5.91 Å². The fourth-order valence-corrected chi connectivity index (χ4v) is 2.27. The van der Waals surface area contributed by atoms with Crippen LogP contribution in [0, 0.1) is 0 Å². The SMILES string of the molecule is CN1CCN(C)C(CNC(=O)c2ccc(N)cc2)C1. The first-order chi connectivity index (χ1) is 9.06. The summed E-state index contributed by atoms with van der Waals surface area (Å²) >= 11 is 0. The van der Waals surface area contributed by atoms with Crippen molar-refractivity contribution >= 4 is 11.6 Å². The first kappa shape index (κ1) is 13.8. The molecule has 1 unspecified atom stereocenters. The van der Waals surface area contributed by atoms with Crippen LogP contribution >= 0.6 is 0 Å². The Balaban J connectivity index is 1.87. The third kappa shape index (κ3) is 3.68. The summed E-state index contributed by atoms with van der Waals surface area (Å²) < 4.78 is 0. The summed E-state index contributed by atoms with van der Waals surface area (Å²) in [6.45, 7) is 3.78. The van der Waals surface area contributed by atoms with Crippen LogP contribution in [0.1, 0.15) is 10.4 Å². The molecule has 0 saturated carbocycles. The van der Waals surface area contributed by atoms with Crippen LogP contribution in [0.25, 0.3) is 0 Å². The van der Waals surface area contributed by atoms with Crippen molar-refractivity contribution < 1.29 is 4.79 Å². The van der Waals surface area contributed by atoms with Gasteiger partial charge in [-0.05, 0) is 38.4 Å². The van der Waals surface area contributed by atoms with Crippen LogP contribution in [0.5, 0.6) is 0 Å². The average Bonchev–Trinajstić information content (AvgIpc) is 2.40. The maximum absolute atomic E-state index is 12.0. The Hall–Kier alpha value is -1.59. The normalized spacial score (nSPS) is 21.3. The minimum atomic E-state index is -0.0402. The van der Waals surface area contributed by atoms with E-state index in [4.69, 9.17) is 5.73 Å². The van der Waals surface area contributed by atoms with E-state index in [1.165, 1.54) is 0 Å². The second kappa shape index (κ2) is 6.04. The zero-order valence-corrected chi connectivity index (χ0v) is 11.6. The molecule has 1 fully saturated rings. The summed E-state index contributed by atoms with van der Waals surface area (Å²) in [6, 6.07) is 7.37. The van der Waals surface area contributed by atoms with Gasteiger partial charge in [0, 0.05) is 43.5 Å². The van der Waals surface area contributed by atoms with Gasteiger partial charge in [0.15, 0.2) is 0 Å². The number of anilines is 1. The summed E-state index contributed by atoms with van der Waals surface area (Å²) in [6.07, 6.45) is 0. The molecule has 0 radical (unpaired) electrons. The zero-order chi connectivity index (χ0) is 13.8. The van der Waals surface area contributed by atoms with Gasteiger partial charge < -0.3 is 16.0 Å². The van der Waals surface area contributed by atoms with E-state index in [1.807, 2.05) is 0 Å². The molecule has 1 aromatic carbocycles. The average molecular weight is 262 g/mol. The molecule has 1 amide bonds. The van der Waals surface area contributed by atoms with Crippen molar-refractivity contribution in [3.63, 3.8) is 0 Å². The molecule has 104 valence electrons. The van der Waals surface area contributed by atoms with E-state index in [9.17, 15) is 4.79 Å². The van der Waals surface area contributed by atoms with E-state index in [2.05, 4.69) is 29.2 Å². The van der Waals surface area contributed by atoms with Crippen LogP contribution < -0.4 is 11.1 Å². The van der Waals surface area contributed by atoms with Crippen molar-refractivity contribution in [3.05, 3.63) is 29.8 Å². The summed E-state index contributed by atoms with van der Waals surface area (Å²) in [7, 11) is 4.22. The summed E-state index contributed by atoms with van der Waals surface area (Å²) in [5.74, 6) is -0.0402. The molecule has 1 atom stereocenters. The number of nitrogens with one attached hydrogen (secondary N) is 1. The first-order valence-corrected chi connectivity index (χ1v) is 6.59. The Morgan fingerprint density at radius 1 is 1.32 bits per heavy atom. The summed E-state index contributed by atoms with van der Waals surface area (Å²) in [4.78, 5) is 16.6. The standard InChI is InChI=1S/C14H22N4O/c1-17-7-8-18(2)13(10-17)9-16-14(19)11-3-5-12(15)6-4-11/h3-6,13H,7-10,15H2,1-2H3,(H,16,19). The van der Waals surface area contributed by atoms with Gasteiger partial charge in [-0.3, -0.25) is 9.69 Å². The molecule has 2 rings (SSSR count). The maximum Gasteiger partial charge on any atom is 0.251 e. The highest BCUT2D eigenvalue weighted by Gasteiger charge is 2.22. The Labute approximate surface area is 114 Å². The number of carbonyl (C=O) groups is 1. The van der Waals surface area contributed by atoms with Gasteiger partial charge in [-0.1, -0.05) is 0 Å². The molecule has 1 aliphatic heterocycles. The number of nitrogen functional groups attached to an aromatic ring is 1. The maximum atomic E-state index is 12.0. The van der Waals surface area contributed by atoms with Crippen molar-refractivity contribution in [2.45, 2.75) is 6.04 Å². The molecule has 5 heteroatoms. The fraction of sp³-hybridized carbons (Fsp3) is 0.500. The van der Waals surface area contributed by atoms with Gasteiger partial charge in [0.05, 0.1) is 0 Å². The molecule has 5 nitrogen and oxygen atoms in total. The van der Waals surface area contributed by atoms with Crippen LogP contribution in [-0.2, 0) is 0 Å². The number of amides is 1. The molecule has 1 heterocycles. The Morgan fingerprint density at radius 3 is 2.68 bits per heavy atom. The van der Waals surface area contributed by atoms with Gasteiger partial charge >= 0.3 is 0 Å². The van der Waals surface area contributed by atoms with Crippen LogP contribution in [0.3, 0.4) is 0 Å². The number of hydrogen-bond acceptors (Lipinski definition) is 4. The Kier molecular flexibility index (Phi) is 4.39. The highest BCUT2D eigenvalue weighted by Crippen LogP contribution is 2.07. The minimum Gasteiger partial charge on any atom is -0.399 e. The number of benzene rings is 1. The number of nitrogens with zero attached hydrogens (tertiary/aromatic N) is 2. The largest absolute Gasteiger partial charge is 0.399 e. The van der Waals surface area contributed by atoms with E-state index in [0.29, 0.717) is 23.8 Å². The van der Waals surface area contributed by atoms with Gasteiger partial charge in [0.2, 0.25) is 0 Å². The van der Waals surface area contributed by atoms with E-state index in [0.717, 1.165) is 19.6 Å². The molecule has 1 aromatic rings. The summed E-state index contributed by atoms with van der Waals surface area (Å²) in [5.41, 5.74) is 6.93. The van der Waals surface area contributed by atoms with E-state index >= 15 is 0 Å². The monoisotopic (exact) mass is 262 g/mol. The molecular weight excluding hydrogens is 240 g/mol. The first-order valence-electron chi connectivity index (χ1n) is 6.59. The number of rotatable bonds is 3. The van der Waals surface area contributed by atoms with Gasteiger partial charge in [0.1, 0.15) is 0 Å². The topological polar surface area (TPSA) is 61.6 Å². The van der Waals surface area contributed by atoms with Crippen molar-refractivity contribution in [2.75, 3.05) is 46.0 Å². The van der Waals surface area contributed by atoms with Crippen LogP contribution in [0.4, 0.5) is 5.69 Å². The quantitative estimate of drug-likeness (QED) is 0.766. The third-order valence-corrected chi connectivity index (χ3v) is 3.65. The fourth-order valence-electron chi connectivity index (χ4n) is 2.27. The van der Waals surface area contributed by atoms with E-state index < -0.39 is 0 Å².